The number of piperazine rings is 1. The maximum Gasteiger partial charge on any atom is 0.228 e. The molecule has 1 aromatic carbocycles. The molecule has 150 valence electrons. The first-order valence-electron chi connectivity index (χ1n) is 9.78. The molecule has 1 saturated heterocycles. The van der Waals surface area contributed by atoms with E-state index in [4.69, 9.17) is 4.98 Å². The fraction of sp³-hybridized carbons (Fsp3) is 0.500. The number of amides is 1. The summed E-state index contributed by atoms with van der Waals surface area (Å²) in [7, 11) is 0. The van der Waals surface area contributed by atoms with Gasteiger partial charge in [0.15, 0.2) is 0 Å². The Balaban J connectivity index is 1.82. The normalized spacial score (nSPS) is 15.1. The number of halogens is 1. The molecule has 1 aliphatic heterocycles. The Hall–Kier alpha value is -2.50. The van der Waals surface area contributed by atoms with Gasteiger partial charge in [-0.1, -0.05) is 32.9 Å². The smallest absolute Gasteiger partial charge is 0.228 e. The molecule has 2 heterocycles. The van der Waals surface area contributed by atoms with Crippen LogP contribution in [0.4, 0.5) is 10.2 Å². The number of hydrogen-bond donors (Lipinski definition) is 0. The summed E-state index contributed by atoms with van der Waals surface area (Å²) < 4.78 is 13.2. The average Bonchev–Trinajstić information content (AvgIpc) is 2.64. The van der Waals surface area contributed by atoms with Crippen LogP contribution in [0.1, 0.15) is 43.4 Å². The number of aromatic nitrogens is 2. The predicted octanol–water partition coefficient (Wildman–Crippen LogP) is 3.52. The number of nitrogens with zero attached hydrogens (tertiary/aromatic N) is 4. The molecule has 0 atom stereocenters. The lowest BCUT2D eigenvalue weighted by molar-refractivity contribution is -0.139. The SMILES string of the molecule is Cc1nc(C)c(Cc2ccc(F)cc2)c(N2CCN(C(=O)C(C)(C)C)CC2)n1. The summed E-state index contributed by atoms with van der Waals surface area (Å²) in [5, 5.41) is 0. The van der Waals surface area contributed by atoms with Crippen LogP contribution in [-0.2, 0) is 11.2 Å². The lowest BCUT2D eigenvalue weighted by Crippen LogP contribution is -2.52. The maximum absolute atomic E-state index is 13.2. The van der Waals surface area contributed by atoms with Crippen LogP contribution in [0.15, 0.2) is 24.3 Å². The Morgan fingerprint density at radius 3 is 2.21 bits per heavy atom. The zero-order chi connectivity index (χ0) is 20.5. The van der Waals surface area contributed by atoms with E-state index in [2.05, 4.69) is 9.88 Å². The van der Waals surface area contributed by atoms with Crippen LogP contribution < -0.4 is 4.90 Å². The van der Waals surface area contributed by atoms with Crippen LogP contribution in [0.25, 0.3) is 0 Å². The van der Waals surface area contributed by atoms with E-state index in [0.717, 1.165) is 41.6 Å². The summed E-state index contributed by atoms with van der Waals surface area (Å²) in [5.74, 6) is 1.62. The van der Waals surface area contributed by atoms with Crippen LogP contribution in [0.5, 0.6) is 0 Å². The third kappa shape index (κ3) is 4.49. The van der Waals surface area contributed by atoms with Crippen LogP contribution in [0.3, 0.4) is 0 Å². The van der Waals surface area contributed by atoms with E-state index >= 15 is 0 Å². The summed E-state index contributed by atoms with van der Waals surface area (Å²) in [4.78, 5) is 26.0. The van der Waals surface area contributed by atoms with Crippen molar-refractivity contribution in [3.05, 3.63) is 52.7 Å². The molecule has 0 saturated carbocycles. The highest BCUT2D eigenvalue weighted by Gasteiger charge is 2.30. The highest BCUT2D eigenvalue weighted by atomic mass is 19.1. The third-order valence-corrected chi connectivity index (χ3v) is 5.11. The molecule has 1 amide bonds. The van der Waals surface area contributed by atoms with E-state index in [1.165, 1.54) is 12.1 Å². The third-order valence-electron chi connectivity index (χ3n) is 5.11. The van der Waals surface area contributed by atoms with Gasteiger partial charge in [-0.15, -0.1) is 0 Å². The summed E-state index contributed by atoms with van der Waals surface area (Å²) in [5.41, 5.74) is 2.67. The topological polar surface area (TPSA) is 49.3 Å². The number of carbonyl (C=O) groups excluding carboxylic acids is 1. The van der Waals surface area contributed by atoms with Gasteiger partial charge in [-0.3, -0.25) is 4.79 Å². The first-order chi connectivity index (χ1) is 13.1. The number of carbonyl (C=O) groups is 1. The van der Waals surface area contributed by atoms with Crippen LogP contribution in [0.2, 0.25) is 0 Å². The molecule has 0 unspecified atom stereocenters. The second-order valence-electron chi connectivity index (χ2n) is 8.49. The summed E-state index contributed by atoms with van der Waals surface area (Å²) in [6.45, 7) is 12.6. The molecule has 0 radical (unpaired) electrons. The van der Waals surface area contributed by atoms with Gasteiger partial charge >= 0.3 is 0 Å². The molecule has 2 aromatic rings. The van der Waals surface area contributed by atoms with E-state index in [1.54, 1.807) is 12.1 Å². The van der Waals surface area contributed by atoms with Crippen molar-refractivity contribution in [3.8, 4) is 0 Å². The minimum atomic E-state index is -0.363. The molecule has 0 N–H and O–H groups in total. The van der Waals surface area contributed by atoms with Gasteiger partial charge in [0.1, 0.15) is 17.5 Å². The molecular weight excluding hydrogens is 355 g/mol. The van der Waals surface area contributed by atoms with Crippen molar-refractivity contribution in [2.75, 3.05) is 31.1 Å². The van der Waals surface area contributed by atoms with Gasteiger partial charge in [0, 0.05) is 49.3 Å². The van der Waals surface area contributed by atoms with Crippen molar-refractivity contribution >= 4 is 11.7 Å². The lowest BCUT2D eigenvalue weighted by Gasteiger charge is -2.39. The molecular formula is C22H29FN4O. The molecule has 1 aliphatic rings. The van der Waals surface area contributed by atoms with Crippen molar-refractivity contribution < 1.29 is 9.18 Å². The average molecular weight is 384 g/mol. The highest BCUT2D eigenvalue weighted by molar-refractivity contribution is 5.81. The minimum absolute atomic E-state index is 0.189. The van der Waals surface area contributed by atoms with E-state index in [0.29, 0.717) is 19.5 Å². The Kier molecular flexibility index (Phi) is 5.68. The van der Waals surface area contributed by atoms with Crippen molar-refractivity contribution in [2.24, 2.45) is 5.41 Å². The van der Waals surface area contributed by atoms with E-state index in [1.807, 2.05) is 39.5 Å². The Bertz CT molecular complexity index is 850. The zero-order valence-corrected chi connectivity index (χ0v) is 17.4. The quantitative estimate of drug-likeness (QED) is 0.812. The Morgan fingerprint density at radius 1 is 1.04 bits per heavy atom. The Labute approximate surface area is 166 Å². The number of aryl methyl sites for hydroxylation is 2. The van der Waals surface area contributed by atoms with Gasteiger partial charge < -0.3 is 9.80 Å². The predicted molar refractivity (Wildman–Crippen MR) is 109 cm³/mol. The molecule has 1 aromatic heterocycles. The van der Waals surface area contributed by atoms with Crippen LogP contribution in [0, 0.1) is 25.1 Å². The van der Waals surface area contributed by atoms with Gasteiger partial charge in [0.2, 0.25) is 5.91 Å². The van der Waals surface area contributed by atoms with E-state index in [-0.39, 0.29) is 17.1 Å². The van der Waals surface area contributed by atoms with E-state index < -0.39 is 0 Å². The van der Waals surface area contributed by atoms with Crippen molar-refractivity contribution in [1.82, 2.24) is 14.9 Å². The fourth-order valence-electron chi connectivity index (χ4n) is 3.59. The zero-order valence-electron chi connectivity index (χ0n) is 17.4. The monoisotopic (exact) mass is 384 g/mol. The molecule has 0 aliphatic carbocycles. The molecule has 1 fully saturated rings. The molecule has 6 heteroatoms. The molecule has 0 bridgehead atoms. The summed E-state index contributed by atoms with van der Waals surface area (Å²) in [6, 6.07) is 6.57. The van der Waals surface area contributed by atoms with Gasteiger partial charge in [-0.25, -0.2) is 14.4 Å². The second kappa shape index (κ2) is 7.86. The maximum atomic E-state index is 13.2. The van der Waals surface area contributed by atoms with Crippen molar-refractivity contribution in [1.29, 1.82) is 0 Å². The number of anilines is 1. The summed E-state index contributed by atoms with van der Waals surface area (Å²) in [6.07, 6.45) is 0.656. The standard InChI is InChI=1S/C22H29FN4O/c1-15-19(14-17-6-8-18(23)9-7-17)20(25-16(2)24-15)26-10-12-27(13-11-26)21(28)22(3,4)5/h6-9H,10-14H2,1-5H3. The van der Waals surface area contributed by atoms with Crippen molar-refractivity contribution in [2.45, 2.75) is 41.0 Å². The minimum Gasteiger partial charge on any atom is -0.353 e. The van der Waals surface area contributed by atoms with Crippen LogP contribution >= 0.6 is 0 Å². The van der Waals surface area contributed by atoms with E-state index in [9.17, 15) is 9.18 Å². The number of hydrogen-bond acceptors (Lipinski definition) is 4. The van der Waals surface area contributed by atoms with Crippen molar-refractivity contribution in [3.63, 3.8) is 0 Å². The second-order valence-corrected chi connectivity index (χ2v) is 8.49. The van der Waals surface area contributed by atoms with Gasteiger partial charge in [-0.05, 0) is 31.5 Å². The lowest BCUT2D eigenvalue weighted by atomic mass is 9.94. The molecule has 5 nitrogen and oxygen atoms in total. The first kappa shape index (κ1) is 20.2. The highest BCUT2D eigenvalue weighted by Crippen LogP contribution is 2.26. The summed E-state index contributed by atoms with van der Waals surface area (Å²) >= 11 is 0. The number of benzene rings is 1. The first-order valence-corrected chi connectivity index (χ1v) is 9.78. The molecule has 0 spiro atoms. The number of rotatable bonds is 3. The molecule has 28 heavy (non-hydrogen) atoms. The van der Waals surface area contributed by atoms with Gasteiger partial charge in [-0.2, -0.15) is 0 Å². The molecule has 3 rings (SSSR count). The van der Waals surface area contributed by atoms with Gasteiger partial charge in [0.05, 0.1) is 0 Å². The largest absolute Gasteiger partial charge is 0.353 e. The van der Waals surface area contributed by atoms with Crippen LogP contribution in [-0.4, -0.2) is 47.0 Å². The van der Waals surface area contributed by atoms with Gasteiger partial charge in [0.25, 0.3) is 0 Å². The fourth-order valence-corrected chi connectivity index (χ4v) is 3.59. The Morgan fingerprint density at radius 2 is 1.64 bits per heavy atom.